The van der Waals surface area contributed by atoms with Crippen LogP contribution in [-0.4, -0.2) is 34.8 Å². The zero-order valence-electron chi connectivity index (χ0n) is 13.7. The summed E-state index contributed by atoms with van der Waals surface area (Å²) in [6.07, 6.45) is 7.64. The van der Waals surface area contributed by atoms with E-state index < -0.39 is 0 Å². The van der Waals surface area contributed by atoms with Gasteiger partial charge in [0.05, 0.1) is 0 Å². The van der Waals surface area contributed by atoms with E-state index in [1.165, 1.54) is 12.8 Å². The van der Waals surface area contributed by atoms with E-state index in [1.807, 2.05) is 24.3 Å². The minimum atomic E-state index is -0.342. The van der Waals surface area contributed by atoms with Gasteiger partial charge in [-0.3, -0.25) is 14.5 Å². The van der Waals surface area contributed by atoms with Crippen molar-refractivity contribution < 1.29 is 9.59 Å². The van der Waals surface area contributed by atoms with Crippen molar-refractivity contribution >= 4 is 17.5 Å². The van der Waals surface area contributed by atoms with Crippen molar-refractivity contribution in [3.8, 4) is 0 Å². The number of amides is 2. The van der Waals surface area contributed by atoms with Gasteiger partial charge in [0.15, 0.2) is 0 Å². The number of benzene rings is 1. The maximum absolute atomic E-state index is 13.3. The Kier molecular flexibility index (Phi) is 3.63. The molecule has 2 fully saturated rings. The lowest BCUT2D eigenvalue weighted by Gasteiger charge is -2.47. The highest BCUT2D eigenvalue weighted by Gasteiger charge is 2.44. The normalized spacial score (nSPS) is 29.3. The summed E-state index contributed by atoms with van der Waals surface area (Å²) in [6, 6.07) is 8.37. The average molecular weight is 312 g/mol. The van der Waals surface area contributed by atoms with Gasteiger partial charge in [-0.25, -0.2) is 0 Å². The second kappa shape index (κ2) is 5.66. The van der Waals surface area contributed by atoms with Gasteiger partial charge in [0.25, 0.3) is 0 Å². The zero-order valence-corrected chi connectivity index (χ0v) is 13.7. The molecule has 2 amide bonds. The summed E-state index contributed by atoms with van der Waals surface area (Å²) in [4.78, 5) is 29.4. The molecule has 3 aliphatic rings. The molecule has 0 aromatic heterocycles. The molecule has 1 aromatic carbocycles. The van der Waals surface area contributed by atoms with Gasteiger partial charge in [0, 0.05) is 31.1 Å². The first kappa shape index (κ1) is 14.7. The summed E-state index contributed by atoms with van der Waals surface area (Å²) in [5.74, 6) is 0.140. The molecule has 2 bridgehead atoms. The zero-order chi connectivity index (χ0) is 16.0. The van der Waals surface area contributed by atoms with Crippen LogP contribution in [0.5, 0.6) is 0 Å². The minimum Gasteiger partial charge on any atom is -0.335 e. The Hall–Kier alpha value is -1.84. The van der Waals surface area contributed by atoms with E-state index in [9.17, 15) is 9.59 Å². The van der Waals surface area contributed by atoms with Gasteiger partial charge >= 0.3 is 0 Å². The molecule has 2 saturated heterocycles. The van der Waals surface area contributed by atoms with Gasteiger partial charge in [-0.05, 0) is 50.2 Å². The average Bonchev–Trinajstić information content (AvgIpc) is 2.93. The molecule has 122 valence electrons. The van der Waals surface area contributed by atoms with Crippen LogP contribution in [0.4, 0.5) is 5.69 Å². The monoisotopic (exact) mass is 312 g/mol. The SMILES string of the molecule is CC(=O)N1c2ccccc2C[C@H]1C(=O)N1C2CCCC1CCC2. The quantitative estimate of drug-likeness (QED) is 0.800. The maximum Gasteiger partial charge on any atom is 0.246 e. The van der Waals surface area contributed by atoms with Crippen LogP contribution in [-0.2, 0) is 16.0 Å². The number of piperidine rings is 2. The van der Waals surface area contributed by atoms with Crippen molar-refractivity contribution in [1.82, 2.24) is 4.90 Å². The van der Waals surface area contributed by atoms with Crippen molar-refractivity contribution in [2.45, 2.75) is 70.0 Å². The molecule has 0 spiro atoms. The fourth-order valence-corrected chi connectivity index (χ4v) is 4.83. The molecule has 3 aliphatic heterocycles. The number of hydrogen-bond donors (Lipinski definition) is 0. The van der Waals surface area contributed by atoms with Gasteiger partial charge in [0.2, 0.25) is 11.8 Å². The van der Waals surface area contributed by atoms with Crippen LogP contribution >= 0.6 is 0 Å². The Morgan fingerprint density at radius 2 is 1.61 bits per heavy atom. The van der Waals surface area contributed by atoms with Crippen LogP contribution in [0.1, 0.15) is 51.0 Å². The van der Waals surface area contributed by atoms with Crippen molar-refractivity contribution in [1.29, 1.82) is 0 Å². The number of carbonyl (C=O) groups is 2. The maximum atomic E-state index is 13.3. The summed E-state index contributed by atoms with van der Waals surface area (Å²) in [5, 5.41) is 0. The van der Waals surface area contributed by atoms with Gasteiger partial charge in [-0.1, -0.05) is 18.2 Å². The lowest BCUT2D eigenvalue weighted by molar-refractivity contribution is -0.143. The standard InChI is InChI=1S/C19H24N2O2/c1-13(22)20-17-11-3-2-6-14(17)12-18(20)19(23)21-15-7-4-8-16(21)10-5-9-15/h2-3,6,11,15-16,18H,4-5,7-10,12H2,1H3/t15?,16?,18-/m0/s1. The topological polar surface area (TPSA) is 40.6 Å². The third kappa shape index (κ3) is 2.35. The smallest absolute Gasteiger partial charge is 0.246 e. The van der Waals surface area contributed by atoms with E-state index >= 15 is 0 Å². The molecular weight excluding hydrogens is 288 g/mol. The van der Waals surface area contributed by atoms with Gasteiger partial charge in [-0.15, -0.1) is 0 Å². The number of para-hydroxylation sites is 1. The molecule has 4 rings (SSSR count). The van der Waals surface area contributed by atoms with Gasteiger partial charge in [0.1, 0.15) is 6.04 Å². The summed E-state index contributed by atoms with van der Waals surface area (Å²) in [7, 11) is 0. The van der Waals surface area contributed by atoms with Crippen LogP contribution in [0.15, 0.2) is 24.3 Å². The Bertz CT molecular complexity index is 620. The van der Waals surface area contributed by atoms with E-state index in [-0.39, 0.29) is 17.9 Å². The van der Waals surface area contributed by atoms with E-state index in [4.69, 9.17) is 0 Å². The van der Waals surface area contributed by atoms with Crippen LogP contribution in [0.3, 0.4) is 0 Å². The Morgan fingerprint density at radius 3 is 2.22 bits per heavy atom. The molecule has 0 N–H and O–H groups in total. The molecule has 0 unspecified atom stereocenters. The van der Waals surface area contributed by atoms with Gasteiger partial charge < -0.3 is 4.90 Å². The second-order valence-corrected chi connectivity index (χ2v) is 7.15. The molecule has 1 aromatic rings. The molecule has 23 heavy (non-hydrogen) atoms. The number of anilines is 1. The number of hydrogen-bond acceptors (Lipinski definition) is 2. The first-order valence-electron chi connectivity index (χ1n) is 8.86. The summed E-state index contributed by atoms with van der Waals surface area (Å²) >= 11 is 0. The second-order valence-electron chi connectivity index (χ2n) is 7.15. The van der Waals surface area contributed by atoms with Crippen LogP contribution < -0.4 is 4.90 Å². The summed E-state index contributed by atoms with van der Waals surface area (Å²) in [6.45, 7) is 1.57. The van der Waals surface area contributed by atoms with Crippen LogP contribution in [0, 0.1) is 0 Å². The molecule has 0 radical (unpaired) electrons. The van der Waals surface area contributed by atoms with E-state index in [0.29, 0.717) is 18.5 Å². The fraction of sp³-hybridized carbons (Fsp3) is 0.579. The molecule has 0 saturated carbocycles. The number of carbonyl (C=O) groups excluding carboxylic acids is 2. The third-order valence-corrected chi connectivity index (χ3v) is 5.79. The van der Waals surface area contributed by atoms with Crippen LogP contribution in [0.25, 0.3) is 0 Å². The molecule has 3 heterocycles. The van der Waals surface area contributed by atoms with Crippen molar-refractivity contribution in [2.75, 3.05) is 4.90 Å². The van der Waals surface area contributed by atoms with Crippen molar-refractivity contribution in [3.63, 3.8) is 0 Å². The van der Waals surface area contributed by atoms with Crippen LogP contribution in [0.2, 0.25) is 0 Å². The minimum absolute atomic E-state index is 0.0320. The molecule has 1 atom stereocenters. The highest BCUT2D eigenvalue weighted by Crippen LogP contribution is 2.38. The lowest BCUT2D eigenvalue weighted by Crippen LogP contribution is -2.58. The lowest BCUT2D eigenvalue weighted by atomic mass is 9.84. The van der Waals surface area contributed by atoms with Gasteiger partial charge in [-0.2, -0.15) is 0 Å². The Morgan fingerprint density at radius 1 is 1.00 bits per heavy atom. The van der Waals surface area contributed by atoms with E-state index in [0.717, 1.165) is 36.9 Å². The first-order valence-corrected chi connectivity index (χ1v) is 8.86. The Labute approximate surface area is 137 Å². The largest absolute Gasteiger partial charge is 0.335 e. The Balaban J connectivity index is 1.65. The predicted octanol–water partition coefficient (Wildman–Crippen LogP) is 2.90. The third-order valence-electron chi connectivity index (χ3n) is 5.79. The van der Waals surface area contributed by atoms with E-state index in [1.54, 1.807) is 11.8 Å². The number of fused-ring (bicyclic) bond motifs is 3. The molecule has 4 heteroatoms. The number of rotatable bonds is 1. The summed E-state index contributed by atoms with van der Waals surface area (Å²) in [5.41, 5.74) is 2.03. The predicted molar refractivity (Wildman–Crippen MR) is 89.2 cm³/mol. The molecule has 4 nitrogen and oxygen atoms in total. The van der Waals surface area contributed by atoms with E-state index in [2.05, 4.69) is 4.90 Å². The molecular formula is C19H24N2O2. The highest BCUT2D eigenvalue weighted by atomic mass is 16.2. The van der Waals surface area contributed by atoms with Crippen molar-refractivity contribution in [2.24, 2.45) is 0 Å². The summed E-state index contributed by atoms with van der Waals surface area (Å²) < 4.78 is 0. The number of nitrogens with zero attached hydrogens (tertiary/aromatic N) is 2. The van der Waals surface area contributed by atoms with Crippen molar-refractivity contribution in [3.05, 3.63) is 29.8 Å². The highest BCUT2D eigenvalue weighted by molar-refractivity contribution is 6.02. The molecule has 0 aliphatic carbocycles. The first-order chi connectivity index (χ1) is 11.2. The fourth-order valence-electron chi connectivity index (χ4n) is 4.83.